The lowest BCUT2D eigenvalue weighted by molar-refractivity contribution is -0.129. The number of halogens is 1. The Labute approximate surface area is 146 Å². The summed E-state index contributed by atoms with van der Waals surface area (Å²) in [4.78, 5) is 16.4. The van der Waals surface area contributed by atoms with Crippen LogP contribution in [0.5, 0.6) is 11.5 Å². The monoisotopic (exact) mass is 385 g/mol. The number of aliphatic imine (C=N–C) groups is 1. The summed E-state index contributed by atoms with van der Waals surface area (Å²) < 4.78 is 16.8. The van der Waals surface area contributed by atoms with Crippen LogP contribution in [0.15, 0.2) is 51.6 Å². The van der Waals surface area contributed by atoms with Gasteiger partial charge < -0.3 is 14.2 Å². The normalized spacial score (nSPS) is 17.2. The van der Waals surface area contributed by atoms with Crippen molar-refractivity contribution in [3.05, 3.63) is 63.3 Å². The van der Waals surface area contributed by atoms with Gasteiger partial charge in [-0.1, -0.05) is 33.6 Å². The number of carbonyl (C=O) groups is 1. The van der Waals surface area contributed by atoms with E-state index in [1.165, 1.54) is 0 Å². The van der Waals surface area contributed by atoms with Crippen LogP contribution in [-0.2, 0) is 9.53 Å². The minimum atomic E-state index is -0.476. The minimum absolute atomic E-state index is 0.194. The second-order valence-electron chi connectivity index (χ2n) is 5.43. The molecule has 0 aliphatic carbocycles. The zero-order valence-electron chi connectivity index (χ0n) is 12.7. The van der Waals surface area contributed by atoms with Gasteiger partial charge in [0.2, 0.25) is 12.7 Å². The zero-order chi connectivity index (χ0) is 16.7. The first-order valence-electron chi connectivity index (χ1n) is 7.29. The van der Waals surface area contributed by atoms with Crippen molar-refractivity contribution in [3.8, 4) is 11.5 Å². The lowest BCUT2D eigenvalue weighted by atomic mass is 10.1. The highest BCUT2D eigenvalue weighted by Crippen LogP contribution is 2.38. The molecule has 0 atom stereocenters. The van der Waals surface area contributed by atoms with Gasteiger partial charge in [0.05, 0.1) is 0 Å². The minimum Gasteiger partial charge on any atom is -0.454 e. The summed E-state index contributed by atoms with van der Waals surface area (Å²) >= 11 is 3.47. The predicted molar refractivity (Wildman–Crippen MR) is 92.1 cm³/mol. The molecule has 2 aromatic carbocycles. The number of benzene rings is 2. The first kappa shape index (κ1) is 15.0. The Bertz CT molecular complexity index is 917. The van der Waals surface area contributed by atoms with Gasteiger partial charge in [-0.15, -0.1) is 0 Å². The highest BCUT2D eigenvalue weighted by atomic mass is 79.9. The molecule has 5 nitrogen and oxygen atoms in total. The molecule has 0 bridgehead atoms. The molecule has 120 valence electrons. The van der Waals surface area contributed by atoms with Crippen LogP contribution in [0.1, 0.15) is 16.7 Å². The van der Waals surface area contributed by atoms with Crippen molar-refractivity contribution in [2.45, 2.75) is 6.92 Å². The van der Waals surface area contributed by atoms with Crippen molar-refractivity contribution in [3.63, 3.8) is 0 Å². The maximum Gasteiger partial charge on any atom is 0.363 e. The molecule has 0 fully saturated rings. The van der Waals surface area contributed by atoms with E-state index < -0.39 is 5.97 Å². The number of nitrogens with zero attached hydrogens (tertiary/aromatic N) is 1. The molecule has 0 radical (unpaired) electrons. The van der Waals surface area contributed by atoms with Crippen LogP contribution in [0.2, 0.25) is 0 Å². The van der Waals surface area contributed by atoms with E-state index in [2.05, 4.69) is 20.9 Å². The van der Waals surface area contributed by atoms with Crippen LogP contribution in [0.3, 0.4) is 0 Å². The number of hydrogen-bond acceptors (Lipinski definition) is 5. The molecule has 2 aliphatic heterocycles. The van der Waals surface area contributed by atoms with Gasteiger partial charge in [-0.2, -0.15) is 0 Å². The Morgan fingerprint density at radius 2 is 1.96 bits per heavy atom. The summed E-state index contributed by atoms with van der Waals surface area (Å²) in [5.74, 6) is 1.14. The van der Waals surface area contributed by atoms with Gasteiger partial charge in [0.1, 0.15) is 0 Å². The summed E-state index contributed by atoms with van der Waals surface area (Å²) in [7, 11) is 0. The number of fused-ring (bicyclic) bond motifs is 1. The molecular formula is C18H12BrNO4. The standard InChI is InChI=1S/C18H12BrNO4/c1-10-3-2-4-11(5-10)17-20-14(18(21)24-17)6-12-7-15-16(8-13(12)19)23-9-22-15/h2-8H,9H2,1H3. The third-order valence-corrected chi connectivity index (χ3v) is 4.36. The number of aryl methyl sites for hydroxylation is 1. The fraction of sp³-hybridized carbons (Fsp3) is 0.111. The summed E-state index contributed by atoms with van der Waals surface area (Å²) in [6.07, 6.45) is 1.66. The highest BCUT2D eigenvalue weighted by Gasteiger charge is 2.25. The van der Waals surface area contributed by atoms with Crippen molar-refractivity contribution in [2.24, 2.45) is 4.99 Å². The largest absolute Gasteiger partial charge is 0.454 e. The molecule has 0 unspecified atom stereocenters. The van der Waals surface area contributed by atoms with Gasteiger partial charge >= 0.3 is 5.97 Å². The van der Waals surface area contributed by atoms with Gasteiger partial charge in [-0.05, 0) is 42.8 Å². The maximum absolute atomic E-state index is 12.1. The van der Waals surface area contributed by atoms with Crippen molar-refractivity contribution in [1.82, 2.24) is 0 Å². The molecular weight excluding hydrogens is 374 g/mol. The second-order valence-corrected chi connectivity index (χ2v) is 6.29. The molecule has 0 aromatic heterocycles. The van der Waals surface area contributed by atoms with Crippen molar-refractivity contribution in [2.75, 3.05) is 6.79 Å². The van der Waals surface area contributed by atoms with Crippen LogP contribution < -0.4 is 9.47 Å². The molecule has 0 saturated carbocycles. The first-order chi connectivity index (χ1) is 11.6. The van der Waals surface area contributed by atoms with Crippen LogP contribution in [-0.4, -0.2) is 18.7 Å². The Balaban J connectivity index is 1.71. The fourth-order valence-electron chi connectivity index (χ4n) is 2.50. The van der Waals surface area contributed by atoms with Gasteiger partial charge in [0.25, 0.3) is 0 Å². The molecule has 0 amide bonds. The van der Waals surface area contributed by atoms with Gasteiger partial charge in [-0.3, -0.25) is 0 Å². The highest BCUT2D eigenvalue weighted by molar-refractivity contribution is 9.10. The quantitative estimate of drug-likeness (QED) is 0.582. The van der Waals surface area contributed by atoms with E-state index in [1.54, 1.807) is 18.2 Å². The molecule has 2 aromatic rings. The summed E-state index contributed by atoms with van der Waals surface area (Å²) in [5.41, 5.74) is 2.85. The maximum atomic E-state index is 12.1. The van der Waals surface area contributed by atoms with Crippen molar-refractivity contribution >= 4 is 33.9 Å². The van der Waals surface area contributed by atoms with E-state index in [-0.39, 0.29) is 12.5 Å². The zero-order valence-corrected chi connectivity index (χ0v) is 14.3. The topological polar surface area (TPSA) is 57.1 Å². The Hall–Kier alpha value is -2.60. The summed E-state index contributed by atoms with van der Waals surface area (Å²) in [6.45, 7) is 2.17. The van der Waals surface area contributed by atoms with E-state index in [4.69, 9.17) is 14.2 Å². The summed E-state index contributed by atoms with van der Waals surface area (Å²) in [6, 6.07) is 11.3. The average molecular weight is 386 g/mol. The van der Waals surface area contributed by atoms with Crippen LogP contribution in [0.25, 0.3) is 6.08 Å². The van der Waals surface area contributed by atoms with Gasteiger partial charge in [-0.25, -0.2) is 9.79 Å². The fourth-order valence-corrected chi connectivity index (χ4v) is 2.94. The van der Waals surface area contributed by atoms with E-state index in [1.807, 2.05) is 31.2 Å². The van der Waals surface area contributed by atoms with Crippen molar-refractivity contribution in [1.29, 1.82) is 0 Å². The predicted octanol–water partition coefficient (Wildman–Crippen LogP) is 3.83. The van der Waals surface area contributed by atoms with E-state index >= 15 is 0 Å². The van der Waals surface area contributed by atoms with Gasteiger partial charge in [0.15, 0.2) is 17.2 Å². The lowest BCUT2D eigenvalue weighted by Gasteiger charge is -2.02. The number of ether oxygens (including phenoxy) is 3. The molecule has 0 spiro atoms. The Morgan fingerprint density at radius 3 is 2.75 bits per heavy atom. The van der Waals surface area contributed by atoms with Crippen LogP contribution in [0, 0.1) is 6.92 Å². The molecule has 0 N–H and O–H groups in total. The number of cyclic esters (lactones) is 1. The van der Waals surface area contributed by atoms with E-state index in [0.29, 0.717) is 17.4 Å². The number of esters is 1. The van der Waals surface area contributed by atoms with Crippen molar-refractivity contribution < 1.29 is 19.0 Å². The number of rotatable bonds is 2. The molecule has 2 aliphatic rings. The first-order valence-corrected chi connectivity index (χ1v) is 8.08. The average Bonchev–Trinajstić information content (AvgIpc) is 3.14. The van der Waals surface area contributed by atoms with Crippen LogP contribution in [0.4, 0.5) is 0 Å². The molecule has 4 rings (SSSR count). The third-order valence-electron chi connectivity index (χ3n) is 3.67. The second kappa shape index (κ2) is 5.79. The SMILES string of the molecule is Cc1cccc(C2=NC(=Cc3cc4c(cc3Br)OCO4)C(=O)O2)c1. The summed E-state index contributed by atoms with van der Waals surface area (Å²) in [5, 5.41) is 0. The molecule has 2 heterocycles. The number of carbonyl (C=O) groups excluding carboxylic acids is 1. The number of hydrogen-bond donors (Lipinski definition) is 0. The van der Waals surface area contributed by atoms with E-state index in [0.717, 1.165) is 21.2 Å². The van der Waals surface area contributed by atoms with Crippen LogP contribution >= 0.6 is 15.9 Å². The third kappa shape index (κ3) is 2.69. The van der Waals surface area contributed by atoms with Gasteiger partial charge in [0, 0.05) is 10.0 Å². The lowest BCUT2D eigenvalue weighted by Crippen LogP contribution is -2.05. The molecule has 6 heteroatoms. The van der Waals surface area contributed by atoms with E-state index in [9.17, 15) is 4.79 Å². The Kier molecular flexibility index (Phi) is 3.61. The molecule has 24 heavy (non-hydrogen) atoms. The smallest absolute Gasteiger partial charge is 0.363 e. The molecule has 0 saturated heterocycles. The Morgan fingerprint density at radius 1 is 1.17 bits per heavy atom.